The highest BCUT2D eigenvalue weighted by atomic mass is 16.5. The lowest BCUT2D eigenvalue weighted by Crippen LogP contribution is -2.23. The van der Waals surface area contributed by atoms with Gasteiger partial charge in [0.05, 0.1) is 0 Å². The van der Waals surface area contributed by atoms with E-state index in [-0.39, 0.29) is 24.2 Å². The van der Waals surface area contributed by atoms with Crippen LogP contribution >= 0.6 is 0 Å². The van der Waals surface area contributed by atoms with Crippen molar-refractivity contribution in [3.8, 4) is 0 Å². The van der Waals surface area contributed by atoms with E-state index in [1.165, 1.54) is 6.92 Å². The predicted octanol–water partition coefficient (Wildman–Crippen LogP) is 3.45. The molecule has 1 atom stereocenters. The molecule has 0 bridgehead atoms. The van der Waals surface area contributed by atoms with Gasteiger partial charge >= 0.3 is 5.97 Å². The van der Waals surface area contributed by atoms with E-state index >= 15 is 0 Å². The molecule has 0 saturated carbocycles. The zero-order valence-corrected chi connectivity index (χ0v) is 11.7. The topological polar surface area (TPSA) is 43.4 Å². The zero-order valence-electron chi connectivity index (χ0n) is 11.7. The molecule has 0 N–H and O–H groups in total. The van der Waals surface area contributed by atoms with Crippen LogP contribution in [0.1, 0.15) is 46.5 Å². The van der Waals surface area contributed by atoms with Crippen molar-refractivity contribution in [1.82, 2.24) is 0 Å². The molecule has 0 saturated heterocycles. The number of carbonyl (C=O) groups is 2. The largest absolute Gasteiger partial charge is 0.458 e. The molecule has 0 radical (unpaired) electrons. The van der Waals surface area contributed by atoms with E-state index < -0.39 is 5.97 Å². The van der Waals surface area contributed by atoms with Gasteiger partial charge in [0.1, 0.15) is 18.3 Å². The van der Waals surface area contributed by atoms with Gasteiger partial charge in [-0.25, -0.2) is 0 Å². The third-order valence-electron chi connectivity index (χ3n) is 2.70. The van der Waals surface area contributed by atoms with Gasteiger partial charge in [0.2, 0.25) is 0 Å². The summed E-state index contributed by atoms with van der Waals surface area (Å²) < 4.78 is 5.34. The minimum atomic E-state index is -0.465. The highest BCUT2D eigenvalue weighted by molar-refractivity contribution is 5.94. The van der Waals surface area contributed by atoms with E-state index in [0.29, 0.717) is 0 Å². The summed E-state index contributed by atoms with van der Waals surface area (Å²) in [6.07, 6.45) is 3.89. The summed E-state index contributed by atoms with van der Waals surface area (Å²) in [6.45, 7) is 13.1. The van der Waals surface area contributed by atoms with Crippen LogP contribution in [-0.2, 0) is 14.3 Å². The minimum absolute atomic E-state index is 0.163. The van der Waals surface area contributed by atoms with Crippen molar-refractivity contribution in [2.75, 3.05) is 0 Å². The molecule has 0 aromatic heterocycles. The van der Waals surface area contributed by atoms with Crippen molar-refractivity contribution >= 4 is 11.8 Å². The third-order valence-corrected chi connectivity index (χ3v) is 2.70. The molecule has 18 heavy (non-hydrogen) atoms. The van der Waals surface area contributed by atoms with Gasteiger partial charge in [-0.3, -0.25) is 9.59 Å². The van der Waals surface area contributed by atoms with Gasteiger partial charge in [-0.15, -0.1) is 6.58 Å². The Morgan fingerprint density at radius 1 is 1.33 bits per heavy atom. The Labute approximate surface area is 110 Å². The van der Waals surface area contributed by atoms with Crippen LogP contribution in [-0.4, -0.2) is 17.9 Å². The summed E-state index contributed by atoms with van der Waals surface area (Å²) in [4.78, 5) is 22.4. The molecule has 0 rings (SSSR count). The molecule has 0 amide bonds. The van der Waals surface area contributed by atoms with Gasteiger partial charge in [-0.05, 0) is 37.7 Å². The van der Waals surface area contributed by atoms with Gasteiger partial charge in [0.15, 0.2) is 0 Å². The van der Waals surface area contributed by atoms with Gasteiger partial charge in [-0.1, -0.05) is 26.5 Å². The van der Waals surface area contributed by atoms with Crippen LogP contribution < -0.4 is 0 Å². The third kappa shape index (κ3) is 7.05. The average molecular weight is 252 g/mol. The van der Waals surface area contributed by atoms with E-state index in [2.05, 4.69) is 13.2 Å². The number of allylic oxidation sites excluding steroid dienone is 1. The number of rotatable bonds is 9. The quantitative estimate of drug-likeness (QED) is 0.273. The maximum absolute atomic E-state index is 11.5. The molecule has 0 fully saturated rings. The fourth-order valence-electron chi connectivity index (χ4n) is 1.54. The normalized spacial score (nSPS) is 12.0. The maximum atomic E-state index is 11.5. The van der Waals surface area contributed by atoms with Crippen molar-refractivity contribution in [3.05, 3.63) is 24.8 Å². The lowest BCUT2D eigenvalue weighted by Gasteiger charge is -2.22. The number of hydrogen-bond acceptors (Lipinski definition) is 3. The van der Waals surface area contributed by atoms with E-state index in [4.69, 9.17) is 4.74 Å². The van der Waals surface area contributed by atoms with Crippen LogP contribution in [0.5, 0.6) is 0 Å². The second-order valence-electron chi connectivity index (χ2n) is 4.81. The number of carbonyl (C=O) groups excluding carboxylic acids is 2. The lowest BCUT2D eigenvalue weighted by atomic mass is 9.95. The molecule has 0 aromatic carbocycles. The Bertz CT molecular complexity index is 316. The molecule has 0 aliphatic rings. The van der Waals surface area contributed by atoms with Crippen LogP contribution in [0.15, 0.2) is 24.8 Å². The minimum Gasteiger partial charge on any atom is -0.458 e. The van der Waals surface area contributed by atoms with Crippen molar-refractivity contribution < 1.29 is 14.3 Å². The van der Waals surface area contributed by atoms with E-state index in [1.807, 2.05) is 19.9 Å². The summed E-state index contributed by atoms with van der Waals surface area (Å²) in [5.41, 5.74) is 0.899. The Hall–Kier alpha value is -1.38. The fraction of sp³-hybridized carbons (Fsp3) is 0.600. The fourth-order valence-corrected chi connectivity index (χ4v) is 1.54. The molecule has 0 heterocycles. The molecule has 102 valence electrons. The van der Waals surface area contributed by atoms with Gasteiger partial charge in [0.25, 0.3) is 0 Å². The van der Waals surface area contributed by atoms with Gasteiger partial charge < -0.3 is 4.74 Å². The van der Waals surface area contributed by atoms with Crippen LogP contribution in [0.4, 0.5) is 0 Å². The summed E-state index contributed by atoms with van der Waals surface area (Å²) in [6, 6.07) is 0. The standard InChI is InChI=1S/C15H24O3/c1-6-7-8-9-14(13(5)11(2)3)18-15(17)10-12(4)16/h6,11,14H,1,5,7-10H2,2-4H3. The van der Waals surface area contributed by atoms with E-state index in [1.54, 1.807) is 0 Å². The smallest absolute Gasteiger partial charge is 0.313 e. The number of ether oxygens (including phenoxy) is 1. The van der Waals surface area contributed by atoms with Crippen LogP contribution in [0.25, 0.3) is 0 Å². The highest BCUT2D eigenvalue weighted by Gasteiger charge is 2.20. The maximum Gasteiger partial charge on any atom is 0.313 e. The SMILES string of the molecule is C=CCCCC(OC(=O)CC(C)=O)C(=C)C(C)C. The van der Waals surface area contributed by atoms with Gasteiger partial charge in [-0.2, -0.15) is 0 Å². The molecule has 0 aliphatic carbocycles. The van der Waals surface area contributed by atoms with Crippen molar-refractivity contribution in [2.45, 2.75) is 52.6 Å². The molecular weight excluding hydrogens is 228 g/mol. The molecule has 0 aromatic rings. The zero-order chi connectivity index (χ0) is 14.1. The average Bonchev–Trinajstić information content (AvgIpc) is 2.25. The van der Waals surface area contributed by atoms with Crippen molar-refractivity contribution in [1.29, 1.82) is 0 Å². The number of ketones is 1. The first-order chi connectivity index (χ1) is 8.38. The molecule has 0 aliphatic heterocycles. The highest BCUT2D eigenvalue weighted by Crippen LogP contribution is 2.20. The van der Waals surface area contributed by atoms with E-state index in [9.17, 15) is 9.59 Å². The molecule has 1 unspecified atom stereocenters. The second-order valence-corrected chi connectivity index (χ2v) is 4.81. The molecule has 3 heteroatoms. The molecule has 0 spiro atoms. The van der Waals surface area contributed by atoms with Crippen molar-refractivity contribution in [2.24, 2.45) is 5.92 Å². The van der Waals surface area contributed by atoms with Gasteiger partial charge in [0, 0.05) is 0 Å². The van der Waals surface area contributed by atoms with Crippen LogP contribution in [0.3, 0.4) is 0 Å². The van der Waals surface area contributed by atoms with Crippen LogP contribution in [0, 0.1) is 5.92 Å². The summed E-state index contributed by atoms with van der Waals surface area (Å²) in [7, 11) is 0. The Kier molecular flexibility index (Phi) is 8.01. The lowest BCUT2D eigenvalue weighted by molar-refractivity contribution is -0.149. The second kappa shape index (κ2) is 8.67. The summed E-state index contributed by atoms with van der Waals surface area (Å²) in [5.74, 6) is -0.392. The monoisotopic (exact) mass is 252 g/mol. The first-order valence-electron chi connectivity index (χ1n) is 6.37. The Balaban J connectivity index is 4.45. The molecular formula is C15H24O3. The Morgan fingerprint density at radius 3 is 2.39 bits per heavy atom. The first-order valence-corrected chi connectivity index (χ1v) is 6.37. The number of unbranched alkanes of at least 4 members (excludes halogenated alkanes) is 1. The number of esters is 1. The van der Waals surface area contributed by atoms with Crippen LogP contribution in [0.2, 0.25) is 0 Å². The number of Topliss-reactive ketones (excluding diaryl/α,β-unsaturated/α-hetero) is 1. The Morgan fingerprint density at radius 2 is 1.94 bits per heavy atom. The first kappa shape index (κ1) is 16.6. The molecule has 3 nitrogen and oxygen atoms in total. The van der Waals surface area contributed by atoms with Crippen molar-refractivity contribution in [3.63, 3.8) is 0 Å². The van der Waals surface area contributed by atoms with E-state index in [0.717, 1.165) is 24.8 Å². The predicted molar refractivity (Wildman–Crippen MR) is 73.2 cm³/mol. The summed E-state index contributed by atoms with van der Waals surface area (Å²) in [5, 5.41) is 0. The summed E-state index contributed by atoms with van der Waals surface area (Å²) >= 11 is 0. The number of hydrogen-bond donors (Lipinski definition) is 0.